The topological polar surface area (TPSA) is 46.6 Å². The number of carbonyl (C=O) groups is 2. The van der Waals surface area contributed by atoms with Crippen molar-refractivity contribution in [2.75, 3.05) is 6.54 Å². The quantitative estimate of drug-likeness (QED) is 0.439. The molecule has 0 aromatic heterocycles. The van der Waals surface area contributed by atoms with Crippen molar-refractivity contribution < 1.29 is 14.3 Å². The van der Waals surface area contributed by atoms with Gasteiger partial charge in [0, 0.05) is 10.0 Å². The Morgan fingerprint density at radius 1 is 1.43 bits per heavy atom. The Balaban J connectivity index is 2.17. The molecule has 2 rings (SSSR count). The first-order valence-corrected chi connectivity index (χ1v) is 8.66. The van der Waals surface area contributed by atoms with Crippen LogP contribution >= 0.6 is 47.2 Å². The molecule has 1 fully saturated rings. The lowest BCUT2D eigenvalue weighted by Crippen LogP contribution is -2.35. The summed E-state index contributed by atoms with van der Waals surface area (Å²) < 4.78 is 5.35. The van der Waals surface area contributed by atoms with E-state index in [0.717, 1.165) is 11.8 Å². The van der Waals surface area contributed by atoms with Crippen LogP contribution in [0.4, 0.5) is 0 Å². The van der Waals surface area contributed by atoms with Crippen LogP contribution in [-0.4, -0.2) is 33.7 Å². The van der Waals surface area contributed by atoms with Crippen LogP contribution < -0.4 is 0 Å². The summed E-state index contributed by atoms with van der Waals surface area (Å²) in [5.74, 6) is -0.839. The van der Waals surface area contributed by atoms with Crippen LogP contribution in [0.25, 0.3) is 6.08 Å². The number of hydrogen-bond acceptors (Lipinski definition) is 5. The summed E-state index contributed by atoms with van der Waals surface area (Å²) in [6.45, 7) is 3.28. The van der Waals surface area contributed by atoms with Crippen molar-refractivity contribution in [1.29, 1.82) is 0 Å². The van der Waals surface area contributed by atoms with Gasteiger partial charge in [0.25, 0.3) is 5.91 Å². The third-order valence-corrected chi connectivity index (χ3v) is 4.72. The lowest BCUT2D eigenvalue weighted by molar-refractivity contribution is -0.149. The van der Waals surface area contributed by atoms with E-state index in [9.17, 15) is 9.59 Å². The monoisotopic (exact) mass is 389 g/mol. The van der Waals surface area contributed by atoms with Gasteiger partial charge in [0.15, 0.2) is 0 Å². The molecule has 23 heavy (non-hydrogen) atoms. The Bertz CT molecular complexity index is 704. The maximum absolute atomic E-state index is 12.4. The molecule has 0 bridgehead atoms. The van der Waals surface area contributed by atoms with Crippen LogP contribution in [-0.2, 0) is 14.3 Å². The number of nitrogens with zero attached hydrogens (tertiary/aromatic N) is 1. The van der Waals surface area contributed by atoms with E-state index >= 15 is 0 Å². The Labute approximate surface area is 153 Å². The van der Waals surface area contributed by atoms with Crippen LogP contribution in [0, 0.1) is 0 Å². The average Bonchev–Trinajstić information content (AvgIpc) is 2.69. The highest BCUT2D eigenvalue weighted by Gasteiger charge is 2.34. The molecule has 0 unspecified atom stereocenters. The van der Waals surface area contributed by atoms with E-state index in [1.165, 1.54) is 4.90 Å². The van der Waals surface area contributed by atoms with Crippen LogP contribution in [0.2, 0.25) is 10.0 Å². The number of amides is 1. The second-order valence-electron chi connectivity index (χ2n) is 4.97. The van der Waals surface area contributed by atoms with Gasteiger partial charge in [-0.3, -0.25) is 14.5 Å². The Kier molecular flexibility index (Phi) is 6.08. The van der Waals surface area contributed by atoms with Crippen molar-refractivity contribution in [3.63, 3.8) is 0 Å². The molecule has 1 aromatic carbocycles. The fourth-order valence-corrected chi connectivity index (χ4v) is 3.53. The summed E-state index contributed by atoms with van der Waals surface area (Å²) in [5, 5.41) is 0.943. The molecular weight excluding hydrogens is 377 g/mol. The van der Waals surface area contributed by atoms with E-state index in [2.05, 4.69) is 0 Å². The standard InChI is InChI=1S/C15H13Cl2NO3S2/c1-8(2)21-13(19)7-18-14(20)12(23-15(18)22)5-9-3-4-10(16)6-11(9)17/h3-6,8H,7H2,1-2H3/b12-5-. The summed E-state index contributed by atoms with van der Waals surface area (Å²) in [6.07, 6.45) is 1.38. The molecule has 8 heteroatoms. The lowest BCUT2D eigenvalue weighted by atomic mass is 10.2. The highest BCUT2D eigenvalue weighted by atomic mass is 35.5. The third-order valence-electron chi connectivity index (χ3n) is 2.78. The van der Waals surface area contributed by atoms with Gasteiger partial charge in [0.1, 0.15) is 10.9 Å². The predicted molar refractivity (Wildman–Crippen MR) is 97.6 cm³/mol. The number of ether oxygens (including phenoxy) is 1. The van der Waals surface area contributed by atoms with E-state index < -0.39 is 5.97 Å². The molecule has 0 saturated carbocycles. The number of thiocarbonyl (C=S) groups is 1. The van der Waals surface area contributed by atoms with Crippen LogP contribution in [0.3, 0.4) is 0 Å². The van der Waals surface area contributed by atoms with E-state index in [1.807, 2.05) is 0 Å². The number of halogens is 2. The fourth-order valence-electron chi connectivity index (χ4n) is 1.83. The van der Waals surface area contributed by atoms with Gasteiger partial charge in [-0.15, -0.1) is 0 Å². The van der Waals surface area contributed by atoms with Gasteiger partial charge in [-0.2, -0.15) is 0 Å². The van der Waals surface area contributed by atoms with Crippen molar-refractivity contribution >= 4 is 69.5 Å². The van der Waals surface area contributed by atoms with E-state index in [1.54, 1.807) is 38.1 Å². The molecule has 0 aliphatic carbocycles. The van der Waals surface area contributed by atoms with Gasteiger partial charge in [-0.05, 0) is 37.6 Å². The van der Waals surface area contributed by atoms with Crippen LogP contribution in [0.15, 0.2) is 23.1 Å². The lowest BCUT2D eigenvalue weighted by Gasteiger charge is -2.14. The minimum atomic E-state index is -0.498. The second kappa shape index (κ2) is 7.66. The fraction of sp³-hybridized carbons (Fsp3) is 0.267. The van der Waals surface area contributed by atoms with Gasteiger partial charge < -0.3 is 4.74 Å². The summed E-state index contributed by atoms with van der Waals surface area (Å²) in [4.78, 5) is 25.7. The summed E-state index contributed by atoms with van der Waals surface area (Å²) >= 11 is 18.2. The molecule has 4 nitrogen and oxygen atoms in total. The molecule has 1 amide bonds. The highest BCUT2D eigenvalue weighted by molar-refractivity contribution is 8.26. The maximum atomic E-state index is 12.4. The van der Waals surface area contributed by atoms with Gasteiger partial charge in [0.05, 0.1) is 11.0 Å². The van der Waals surface area contributed by atoms with Crippen molar-refractivity contribution in [2.24, 2.45) is 0 Å². The summed E-state index contributed by atoms with van der Waals surface area (Å²) in [7, 11) is 0. The average molecular weight is 390 g/mol. The summed E-state index contributed by atoms with van der Waals surface area (Å²) in [5.41, 5.74) is 0.654. The first-order valence-electron chi connectivity index (χ1n) is 6.68. The Morgan fingerprint density at radius 3 is 2.74 bits per heavy atom. The zero-order valence-corrected chi connectivity index (χ0v) is 15.5. The van der Waals surface area contributed by atoms with Crippen molar-refractivity contribution in [1.82, 2.24) is 4.90 Å². The molecule has 0 N–H and O–H groups in total. The smallest absolute Gasteiger partial charge is 0.326 e. The van der Waals surface area contributed by atoms with Gasteiger partial charge in [0.2, 0.25) is 0 Å². The second-order valence-corrected chi connectivity index (χ2v) is 7.49. The maximum Gasteiger partial charge on any atom is 0.326 e. The van der Waals surface area contributed by atoms with E-state index in [4.69, 9.17) is 40.2 Å². The Hall–Kier alpha value is -1.08. The first-order chi connectivity index (χ1) is 10.8. The van der Waals surface area contributed by atoms with E-state index in [-0.39, 0.29) is 18.6 Å². The zero-order chi connectivity index (χ0) is 17.1. The van der Waals surface area contributed by atoms with Gasteiger partial charge in [-0.25, -0.2) is 0 Å². The van der Waals surface area contributed by atoms with Gasteiger partial charge >= 0.3 is 5.97 Å². The first kappa shape index (κ1) is 18.3. The molecule has 122 valence electrons. The molecular formula is C15H13Cl2NO3S2. The number of benzene rings is 1. The molecule has 1 aromatic rings. The molecule has 1 saturated heterocycles. The van der Waals surface area contributed by atoms with E-state index in [0.29, 0.717) is 24.8 Å². The normalized spacial score (nSPS) is 16.6. The molecule has 1 aliphatic rings. The minimum absolute atomic E-state index is 0.200. The Morgan fingerprint density at radius 2 is 2.13 bits per heavy atom. The van der Waals surface area contributed by atoms with Crippen molar-refractivity contribution in [3.05, 3.63) is 38.7 Å². The number of rotatable bonds is 4. The predicted octanol–water partition coefficient (Wildman–Crippen LogP) is 4.15. The SMILES string of the molecule is CC(C)OC(=O)CN1C(=O)/C(=C/c2ccc(Cl)cc2Cl)SC1=S. The van der Waals surface area contributed by atoms with Gasteiger partial charge in [-0.1, -0.05) is 53.2 Å². The number of carbonyl (C=O) groups excluding carboxylic acids is 2. The van der Waals surface area contributed by atoms with Crippen LogP contribution in [0.1, 0.15) is 19.4 Å². The van der Waals surface area contributed by atoms with Crippen LogP contribution in [0.5, 0.6) is 0 Å². The third kappa shape index (κ3) is 4.70. The number of thioether (sulfide) groups is 1. The molecule has 0 spiro atoms. The minimum Gasteiger partial charge on any atom is -0.462 e. The largest absolute Gasteiger partial charge is 0.462 e. The highest BCUT2D eigenvalue weighted by Crippen LogP contribution is 2.34. The number of esters is 1. The molecule has 1 heterocycles. The molecule has 0 atom stereocenters. The zero-order valence-electron chi connectivity index (χ0n) is 12.3. The summed E-state index contributed by atoms with van der Waals surface area (Å²) in [6, 6.07) is 4.99. The molecule has 1 aliphatic heterocycles. The van der Waals surface area contributed by atoms with Crippen molar-refractivity contribution in [2.45, 2.75) is 20.0 Å². The molecule has 0 radical (unpaired) electrons. The number of hydrogen-bond donors (Lipinski definition) is 0. The van der Waals surface area contributed by atoms with Crippen molar-refractivity contribution in [3.8, 4) is 0 Å².